The molecule has 9 heteroatoms. The number of rotatable bonds is 5. The maximum Gasteiger partial charge on any atom is 0.416 e. The minimum Gasteiger partial charge on any atom is -0.308 e. The molecule has 0 aliphatic heterocycles. The molecule has 2 N–H and O–H groups in total. The molecule has 0 radical (unpaired) electrons. The second kappa shape index (κ2) is 10.1. The third kappa shape index (κ3) is 6.27. The fraction of sp³-hybridized carbons (Fsp3) is 0.130. The van der Waals surface area contributed by atoms with Crippen LogP contribution in [0.5, 0.6) is 0 Å². The number of urea groups is 1. The minimum atomic E-state index is -4.36. The number of carbonyl (C=O) groups is 2. The van der Waals surface area contributed by atoms with E-state index < -0.39 is 23.7 Å². The standard InChI is InChI=1S/C23H18ClF3N2O2S/c1-14(15-6-8-16(9-7-15)23(25,26)27)32-18-12-10-17(11-13-18)28-22(31)29-21(30)19-4-2-3-5-20(19)24/h2-14H,1H3,(H2,28,29,30,31). The molecule has 3 aromatic carbocycles. The van der Waals surface area contributed by atoms with Crippen LogP contribution in [-0.4, -0.2) is 11.9 Å². The molecule has 0 fully saturated rings. The van der Waals surface area contributed by atoms with Crippen molar-refractivity contribution in [3.05, 3.63) is 94.5 Å². The van der Waals surface area contributed by atoms with Gasteiger partial charge in [-0.1, -0.05) is 35.9 Å². The largest absolute Gasteiger partial charge is 0.416 e. The van der Waals surface area contributed by atoms with Gasteiger partial charge in [0.15, 0.2) is 0 Å². The Balaban J connectivity index is 1.56. The Morgan fingerprint density at radius 2 is 1.56 bits per heavy atom. The van der Waals surface area contributed by atoms with Gasteiger partial charge in [-0.05, 0) is 61.0 Å². The Morgan fingerprint density at radius 1 is 0.938 bits per heavy atom. The monoisotopic (exact) mass is 478 g/mol. The molecule has 3 aromatic rings. The van der Waals surface area contributed by atoms with E-state index in [-0.39, 0.29) is 15.8 Å². The smallest absolute Gasteiger partial charge is 0.308 e. The normalized spacial score (nSPS) is 12.2. The first-order valence-corrected chi connectivity index (χ1v) is 10.7. The summed E-state index contributed by atoms with van der Waals surface area (Å²) in [5, 5.41) is 4.94. The van der Waals surface area contributed by atoms with E-state index in [2.05, 4.69) is 10.6 Å². The zero-order valence-electron chi connectivity index (χ0n) is 16.7. The second-order valence-corrected chi connectivity index (χ2v) is 8.61. The molecule has 3 rings (SSSR count). The van der Waals surface area contributed by atoms with Gasteiger partial charge in [0.05, 0.1) is 16.1 Å². The molecule has 3 amide bonds. The number of amides is 3. The second-order valence-electron chi connectivity index (χ2n) is 6.79. The van der Waals surface area contributed by atoms with E-state index in [0.29, 0.717) is 5.69 Å². The lowest BCUT2D eigenvalue weighted by Crippen LogP contribution is -2.34. The molecule has 0 saturated carbocycles. The number of carbonyl (C=O) groups excluding carboxylic acids is 2. The van der Waals surface area contributed by atoms with E-state index in [4.69, 9.17) is 11.6 Å². The van der Waals surface area contributed by atoms with Crippen molar-refractivity contribution in [2.24, 2.45) is 0 Å². The first-order chi connectivity index (χ1) is 15.1. The molecule has 0 aliphatic carbocycles. The SMILES string of the molecule is CC(Sc1ccc(NC(=O)NC(=O)c2ccccc2Cl)cc1)c1ccc(C(F)(F)F)cc1. The van der Waals surface area contributed by atoms with Gasteiger partial charge >= 0.3 is 12.2 Å². The van der Waals surface area contributed by atoms with Gasteiger partial charge in [0.2, 0.25) is 0 Å². The highest BCUT2D eigenvalue weighted by molar-refractivity contribution is 7.99. The molecule has 0 aromatic heterocycles. The summed E-state index contributed by atoms with van der Waals surface area (Å²) in [6, 6.07) is 17.6. The fourth-order valence-electron chi connectivity index (χ4n) is 2.81. The number of alkyl halides is 3. The summed E-state index contributed by atoms with van der Waals surface area (Å²) in [6.45, 7) is 1.90. The summed E-state index contributed by atoms with van der Waals surface area (Å²) in [6.07, 6.45) is -4.36. The average molecular weight is 479 g/mol. The van der Waals surface area contributed by atoms with Gasteiger partial charge in [0.1, 0.15) is 0 Å². The van der Waals surface area contributed by atoms with Gasteiger partial charge in [-0.15, -0.1) is 11.8 Å². The lowest BCUT2D eigenvalue weighted by Gasteiger charge is -2.14. The van der Waals surface area contributed by atoms with Crippen molar-refractivity contribution < 1.29 is 22.8 Å². The molecule has 0 bridgehead atoms. The van der Waals surface area contributed by atoms with Crippen LogP contribution in [0.1, 0.15) is 33.7 Å². The average Bonchev–Trinajstić information content (AvgIpc) is 2.74. The zero-order chi connectivity index (χ0) is 23.3. The number of hydrogen-bond acceptors (Lipinski definition) is 3. The predicted octanol–water partition coefficient (Wildman–Crippen LogP) is 7.17. The van der Waals surface area contributed by atoms with Crippen LogP contribution in [0, 0.1) is 0 Å². The third-order valence-corrected chi connectivity index (χ3v) is 5.98. The predicted molar refractivity (Wildman–Crippen MR) is 120 cm³/mol. The topological polar surface area (TPSA) is 58.2 Å². The number of benzene rings is 3. The van der Waals surface area contributed by atoms with Crippen molar-refractivity contribution in [1.29, 1.82) is 0 Å². The summed E-state index contributed by atoms with van der Waals surface area (Å²) in [5.41, 5.74) is 0.747. The number of nitrogens with one attached hydrogen (secondary N) is 2. The Morgan fingerprint density at radius 3 is 2.16 bits per heavy atom. The zero-order valence-corrected chi connectivity index (χ0v) is 18.3. The first-order valence-electron chi connectivity index (χ1n) is 9.44. The molecule has 1 unspecified atom stereocenters. The van der Waals surface area contributed by atoms with Crippen LogP contribution < -0.4 is 10.6 Å². The van der Waals surface area contributed by atoms with Crippen LogP contribution in [0.25, 0.3) is 0 Å². The first kappa shape index (κ1) is 23.7. The molecule has 32 heavy (non-hydrogen) atoms. The van der Waals surface area contributed by atoms with Crippen LogP contribution in [0.2, 0.25) is 5.02 Å². The minimum absolute atomic E-state index is 0.0763. The number of thioether (sulfide) groups is 1. The summed E-state index contributed by atoms with van der Waals surface area (Å²) < 4.78 is 38.1. The lowest BCUT2D eigenvalue weighted by atomic mass is 10.1. The van der Waals surface area contributed by atoms with Crippen LogP contribution >= 0.6 is 23.4 Å². The van der Waals surface area contributed by atoms with E-state index >= 15 is 0 Å². The van der Waals surface area contributed by atoms with Gasteiger partial charge in [0.25, 0.3) is 5.91 Å². The Labute approximate surface area is 192 Å². The molecular weight excluding hydrogens is 461 g/mol. The highest BCUT2D eigenvalue weighted by Gasteiger charge is 2.30. The van der Waals surface area contributed by atoms with Gasteiger partial charge in [-0.3, -0.25) is 10.1 Å². The van der Waals surface area contributed by atoms with Gasteiger partial charge < -0.3 is 5.32 Å². The molecule has 4 nitrogen and oxygen atoms in total. The van der Waals surface area contributed by atoms with Crippen LogP contribution in [0.3, 0.4) is 0 Å². The van der Waals surface area contributed by atoms with Crippen molar-refractivity contribution in [1.82, 2.24) is 5.32 Å². The molecule has 0 spiro atoms. The van der Waals surface area contributed by atoms with E-state index in [1.165, 1.54) is 30.0 Å². The highest BCUT2D eigenvalue weighted by atomic mass is 35.5. The quantitative estimate of drug-likeness (QED) is 0.382. The van der Waals surface area contributed by atoms with Crippen LogP contribution in [0.15, 0.2) is 77.7 Å². The number of hydrogen-bond donors (Lipinski definition) is 2. The fourth-order valence-corrected chi connectivity index (χ4v) is 4.03. The Hall–Kier alpha value is -2.97. The van der Waals surface area contributed by atoms with E-state index in [1.807, 2.05) is 6.92 Å². The Kier molecular flexibility index (Phi) is 7.48. The van der Waals surface area contributed by atoms with Crippen LogP contribution in [-0.2, 0) is 6.18 Å². The maximum absolute atomic E-state index is 12.7. The van der Waals surface area contributed by atoms with E-state index in [0.717, 1.165) is 22.6 Å². The van der Waals surface area contributed by atoms with E-state index in [9.17, 15) is 22.8 Å². The van der Waals surface area contributed by atoms with Crippen molar-refractivity contribution in [3.8, 4) is 0 Å². The number of anilines is 1. The summed E-state index contributed by atoms with van der Waals surface area (Å²) in [7, 11) is 0. The summed E-state index contributed by atoms with van der Waals surface area (Å²) in [5.74, 6) is -0.620. The molecule has 1 atom stereocenters. The van der Waals surface area contributed by atoms with Gasteiger partial charge in [0, 0.05) is 15.8 Å². The third-order valence-electron chi connectivity index (χ3n) is 4.48. The molecule has 0 heterocycles. The number of imide groups is 1. The van der Waals surface area contributed by atoms with Gasteiger partial charge in [-0.2, -0.15) is 13.2 Å². The molecule has 0 saturated heterocycles. The summed E-state index contributed by atoms with van der Waals surface area (Å²) in [4.78, 5) is 25.1. The lowest BCUT2D eigenvalue weighted by molar-refractivity contribution is -0.137. The maximum atomic E-state index is 12.7. The Bertz CT molecular complexity index is 1100. The van der Waals surface area contributed by atoms with Crippen molar-refractivity contribution in [2.75, 3.05) is 5.32 Å². The highest BCUT2D eigenvalue weighted by Crippen LogP contribution is 2.37. The number of halogens is 4. The van der Waals surface area contributed by atoms with E-state index in [1.54, 1.807) is 42.5 Å². The molecule has 0 aliphatic rings. The summed E-state index contributed by atoms with van der Waals surface area (Å²) >= 11 is 7.42. The van der Waals surface area contributed by atoms with Crippen molar-refractivity contribution in [3.63, 3.8) is 0 Å². The molecular formula is C23H18ClF3N2O2S. The van der Waals surface area contributed by atoms with Crippen molar-refractivity contribution in [2.45, 2.75) is 23.2 Å². The van der Waals surface area contributed by atoms with Crippen LogP contribution in [0.4, 0.5) is 23.7 Å². The van der Waals surface area contributed by atoms with Crippen molar-refractivity contribution >= 4 is 41.0 Å². The molecule has 166 valence electrons. The van der Waals surface area contributed by atoms with Gasteiger partial charge in [-0.25, -0.2) is 4.79 Å².